The van der Waals surface area contributed by atoms with Gasteiger partial charge in [0, 0.05) is 25.3 Å². The van der Waals surface area contributed by atoms with Gasteiger partial charge in [0.15, 0.2) is 0 Å². The zero-order valence-electron chi connectivity index (χ0n) is 11.6. The molecule has 1 aromatic rings. The van der Waals surface area contributed by atoms with Gasteiger partial charge in [0.1, 0.15) is 5.75 Å². The molecule has 4 heteroatoms. The van der Waals surface area contributed by atoms with Crippen LogP contribution in [0.5, 0.6) is 5.75 Å². The van der Waals surface area contributed by atoms with Gasteiger partial charge in [-0.15, -0.1) is 0 Å². The quantitative estimate of drug-likeness (QED) is 0.877. The molecule has 0 aromatic carbocycles. The molecule has 18 heavy (non-hydrogen) atoms. The van der Waals surface area contributed by atoms with Crippen molar-refractivity contribution in [1.29, 1.82) is 0 Å². The summed E-state index contributed by atoms with van der Waals surface area (Å²) in [5, 5.41) is 9.79. The molecule has 2 heterocycles. The van der Waals surface area contributed by atoms with Crippen LogP contribution in [-0.4, -0.2) is 53.6 Å². The van der Waals surface area contributed by atoms with E-state index in [1.165, 1.54) is 19.5 Å². The Balaban J connectivity index is 1.90. The van der Waals surface area contributed by atoms with Crippen LogP contribution in [0.4, 0.5) is 0 Å². The van der Waals surface area contributed by atoms with Crippen LogP contribution in [0.15, 0.2) is 12.1 Å². The SMILES string of the molecule is Cc1ccc(O)c(CN(C)CC2CCN(C)C2)n1. The molecule has 1 fully saturated rings. The number of aromatic nitrogens is 1. The first kappa shape index (κ1) is 13.3. The van der Waals surface area contributed by atoms with Crippen molar-refractivity contribution in [2.24, 2.45) is 5.92 Å². The highest BCUT2D eigenvalue weighted by Gasteiger charge is 2.21. The van der Waals surface area contributed by atoms with Gasteiger partial charge in [0.05, 0.1) is 5.69 Å². The predicted octanol–water partition coefficient (Wildman–Crippen LogP) is 1.48. The van der Waals surface area contributed by atoms with Crippen LogP contribution in [0.25, 0.3) is 0 Å². The molecule has 0 amide bonds. The Kier molecular flexibility index (Phi) is 4.19. The smallest absolute Gasteiger partial charge is 0.138 e. The summed E-state index contributed by atoms with van der Waals surface area (Å²) in [4.78, 5) is 9.03. The number of aryl methyl sites for hydroxylation is 1. The van der Waals surface area contributed by atoms with Gasteiger partial charge in [-0.1, -0.05) is 0 Å². The number of hydrogen-bond acceptors (Lipinski definition) is 4. The fourth-order valence-electron chi connectivity index (χ4n) is 2.66. The van der Waals surface area contributed by atoms with E-state index in [2.05, 4.69) is 28.9 Å². The maximum absolute atomic E-state index is 9.79. The molecule has 1 aromatic heterocycles. The normalized spacial score (nSPS) is 20.8. The van der Waals surface area contributed by atoms with Crippen LogP contribution >= 0.6 is 0 Å². The summed E-state index contributed by atoms with van der Waals surface area (Å²) in [7, 11) is 4.27. The maximum atomic E-state index is 9.79. The Morgan fingerprint density at radius 3 is 2.94 bits per heavy atom. The average Bonchev–Trinajstić information content (AvgIpc) is 2.69. The summed E-state index contributed by atoms with van der Waals surface area (Å²) in [5.41, 5.74) is 1.74. The number of likely N-dealkylation sites (tertiary alicyclic amines) is 1. The fraction of sp³-hybridized carbons (Fsp3) is 0.643. The van der Waals surface area contributed by atoms with Crippen molar-refractivity contribution in [3.8, 4) is 5.75 Å². The molecule has 100 valence electrons. The minimum Gasteiger partial charge on any atom is -0.506 e. The lowest BCUT2D eigenvalue weighted by molar-refractivity contribution is 0.261. The molecule has 1 aliphatic rings. The van der Waals surface area contributed by atoms with E-state index in [0.29, 0.717) is 12.3 Å². The van der Waals surface area contributed by atoms with Gasteiger partial charge in [-0.2, -0.15) is 0 Å². The molecule has 2 rings (SSSR count). The summed E-state index contributed by atoms with van der Waals surface area (Å²) in [6.45, 7) is 6.12. The first-order chi connectivity index (χ1) is 8.54. The van der Waals surface area contributed by atoms with E-state index in [0.717, 1.165) is 23.9 Å². The molecule has 0 saturated carbocycles. The summed E-state index contributed by atoms with van der Waals surface area (Å²) in [6.07, 6.45) is 1.27. The zero-order valence-corrected chi connectivity index (χ0v) is 11.6. The lowest BCUT2D eigenvalue weighted by Crippen LogP contribution is -2.27. The summed E-state index contributed by atoms with van der Waals surface area (Å²) in [5.74, 6) is 1.04. The van der Waals surface area contributed by atoms with E-state index in [-0.39, 0.29) is 0 Å². The fourth-order valence-corrected chi connectivity index (χ4v) is 2.66. The Hall–Kier alpha value is -1.13. The second-order valence-corrected chi connectivity index (χ2v) is 5.53. The lowest BCUT2D eigenvalue weighted by atomic mass is 10.1. The van der Waals surface area contributed by atoms with Crippen molar-refractivity contribution in [3.05, 3.63) is 23.5 Å². The monoisotopic (exact) mass is 249 g/mol. The van der Waals surface area contributed by atoms with Crippen LogP contribution < -0.4 is 0 Å². The van der Waals surface area contributed by atoms with Crippen molar-refractivity contribution >= 4 is 0 Å². The van der Waals surface area contributed by atoms with Crippen LogP contribution in [0.2, 0.25) is 0 Å². The van der Waals surface area contributed by atoms with Gasteiger partial charge in [-0.05, 0) is 52.0 Å². The van der Waals surface area contributed by atoms with Gasteiger partial charge < -0.3 is 14.9 Å². The van der Waals surface area contributed by atoms with Crippen LogP contribution in [0.1, 0.15) is 17.8 Å². The molecule has 1 N–H and O–H groups in total. The topological polar surface area (TPSA) is 39.6 Å². The molecule has 4 nitrogen and oxygen atoms in total. The van der Waals surface area contributed by atoms with E-state index >= 15 is 0 Å². The molecule has 0 spiro atoms. The second kappa shape index (κ2) is 5.67. The Morgan fingerprint density at radius 1 is 1.50 bits per heavy atom. The second-order valence-electron chi connectivity index (χ2n) is 5.53. The predicted molar refractivity (Wildman–Crippen MR) is 72.6 cm³/mol. The number of rotatable bonds is 4. The first-order valence-electron chi connectivity index (χ1n) is 6.57. The van der Waals surface area contributed by atoms with Crippen LogP contribution in [-0.2, 0) is 6.54 Å². The maximum Gasteiger partial charge on any atom is 0.138 e. The molecule has 0 aliphatic carbocycles. The minimum absolute atomic E-state index is 0.302. The molecule has 0 bridgehead atoms. The van der Waals surface area contributed by atoms with Crippen molar-refractivity contribution in [2.75, 3.05) is 33.7 Å². The van der Waals surface area contributed by atoms with Crippen molar-refractivity contribution < 1.29 is 5.11 Å². The average molecular weight is 249 g/mol. The third-order valence-electron chi connectivity index (χ3n) is 3.57. The van der Waals surface area contributed by atoms with Gasteiger partial charge in [-0.25, -0.2) is 0 Å². The number of nitrogens with zero attached hydrogens (tertiary/aromatic N) is 3. The molecular weight excluding hydrogens is 226 g/mol. The van der Waals surface area contributed by atoms with Crippen LogP contribution in [0.3, 0.4) is 0 Å². The van der Waals surface area contributed by atoms with Gasteiger partial charge in [0.25, 0.3) is 0 Å². The molecular formula is C14H23N3O. The Bertz CT molecular complexity index is 408. The van der Waals surface area contributed by atoms with Crippen molar-refractivity contribution in [3.63, 3.8) is 0 Å². The van der Waals surface area contributed by atoms with E-state index in [9.17, 15) is 5.11 Å². The largest absolute Gasteiger partial charge is 0.506 e. The number of aromatic hydroxyl groups is 1. The summed E-state index contributed by atoms with van der Waals surface area (Å²) < 4.78 is 0. The van der Waals surface area contributed by atoms with Crippen LogP contribution in [0, 0.1) is 12.8 Å². The highest BCUT2D eigenvalue weighted by molar-refractivity contribution is 5.27. The Labute approximate surface area is 109 Å². The van der Waals surface area contributed by atoms with E-state index in [4.69, 9.17) is 0 Å². The molecule has 1 saturated heterocycles. The summed E-state index contributed by atoms with van der Waals surface area (Å²) in [6, 6.07) is 3.57. The first-order valence-corrected chi connectivity index (χ1v) is 6.57. The molecule has 1 aliphatic heterocycles. The highest BCUT2D eigenvalue weighted by atomic mass is 16.3. The molecule has 1 unspecified atom stereocenters. The van der Waals surface area contributed by atoms with Crippen molar-refractivity contribution in [1.82, 2.24) is 14.8 Å². The third-order valence-corrected chi connectivity index (χ3v) is 3.57. The molecule has 1 atom stereocenters. The van der Waals surface area contributed by atoms with E-state index in [1.54, 1.807) is 6.07 Å². The van der Waals surface area contributed by atoms with Crippen molar-refractivity contribution in [2.45, 2.75) is 19.9 Å². The lowest BCUT2D eigenvalue weighted by Gasteiger charge is -2.21. The summed E-state index contributed by atoms with van der Waals surface area (Å²) >= 11 is 0. The zero-order chi connectivity index (χ0) is 13.1. The third kappa shape index (κ3) is 3.43. The highest BCUT2D eigenvalue weighted by Crippen LogP contribution is 2.19. The standard InChI is InChI=1S/C14H23N3O/c1-11-4-5-14(18)13(15-11)10-17(3)9-12-6-7-16(2)8-12/h4-5,12,18H,6-10H2,1-3H3. The minimum atomic E-state index is 0.302. The Morgan fingerprint density at radius 2 is 2.28 bits per heavy atom. The van der Waals surface area contributed by atoms with Gasteiger partial charge in [0.2, 0.25) is 0 Å². The van der Waals surface area contributed by atoms with E-state index in [1.807, 2.05) is 13.0 Å². The van der Waals surface area contributed by atoms with E-state index < -0.39 is 0 Å². The van der Waals surface area contributed by atoms with Gasteiger partial charge in [-0.3, -0.25) is 4.98 Å². The van der Waals surface area contributed by atoms with Gasteiger partial charge >= 0.3 is 0 Å². The number of pyridine rings is 1. The molecule has 0 radical (unpaired) electrons. The number of hydrogen-bond donors (Lipinski definition) is 1.